The Morgan fingerprint density at radius 1 is 1.41 bits per heavy atom. The number of benzene rings is 1. The third-order valence-corrected chi connectivity index (χ3v) is 4.67. The number of amides is 1. The molecule has 1 amide bonds. The first-order valence-corrected chi connectivity index (χ1v) is 8.25. The summed E-state index contributed by atoms with van der Waals surface area (Å²) in [7, 11) is 0. The average molecular weight is 318 g/mol. The number of carbonyl (C=O) groups excluding carboxylic acids is 2. The summed E-state index contributed by atoms with van der Waals surface area (Å²) in [5, 5.41) is 0. The quantitative estimate of drug-likeness (QED) is 0.813. The van der Waals surface area contributed by atoms with Crippen LogP contribution in [0.2, 0.25) is 0 Å². The number of thiazole rings is 1. The number of carbonyl (C=O) groups is 2. The number of hydrogen-bond acceptors (Lipinski definition) is 4. The Kier molecular flexibility index (Phi) is 4.11. The van der Waals surface area contributed by atoms with E-state index < -0.39 is 0 Å². The monoisotopic (exact) mass is 318 g/mol. The highest BCUT2D eigenvalue weighted by Gasteiger charge is 2.29. The molecule has 0 aliphatic heterocycles. The SMILES string of the molecule is CCOC(=O)Cn1c(=NC(=O)C2CC2)sc2cccc(C)c21. The molecule has 1 saturated carbocycles. The fourth-order valence-corrected chi connectivity index (χ4v) is 3.50. The van der Waals surface area contributed by atoms with Gasteiger partial charge in [-0.15, -0.1) is 0 Å². The van der Waals surface area contributed by atoms with Crippen molar-refractivity contribution < 1.29 is 14.3 Å². The van der Waals surface area contributed by atoms with E-state index in [1.54, 1.807) is 11.5 Å². The van der Waals surface area contributed by atoms with Crippen molar-refractivity contribution in [2.75, 3.05) is 6.61 Å². The van der Waals surface area contributed by atoms with E-state index in [0.717, 1.165) is 28.6 Å². The van der Waals surface area contributed by atoms with Crippen molar-refractivity contribution in [2.24, 2.45) is 10.9 Å². The molecule has 0 spiro atoms. The third-order valence-electron chi connectivity index (χ3n) is 3.63. The molecule has 2 aromatic rings. The fourth-order valence-electron chi connectivity index (χ4n) is 2.39. The first-order chi connectivity index (χ1) is 10.6. The van der Waals surface area contributed by atoms with Crippen LogP contribution in [0.1, 0.15) is 25.3 Å². The minimum atomic E-state index is -0.314. The van der Waals surface area contributed by atoms with Crippen LogP contribution in [0.25, 0.3) is 10.2 Å². The normalized spacial score (nSPS) is 15.3. The summed E-state index contributed by atoms with van der Waals surface area (Å²) in [6.45, 7) is 4.19. The van der Waals surface area contributed by atoms with E-state index >= 15 is 0 Å². The number of hydrogen-bond donors (Lipinski definition) is 0. The Hall–Kier alpha value is -1.95. The molecule has 0 bridgehead atoms. The number of para-hydroxylation sites is 1. The molecule has 0 atom stereocenters. The average Bonchev–Trinajstić information content (AvgIpc) is 3.25. The van der Waals surface area contributed by atoms with Crippen molar-refractivity contribution in [1.29, 1.82) is 0 Å². The molecule has 0 unspecified atom stereocenters. The van der Waals surface area contributed by atoms with Gasteiger partial charge in [0.05, 0.1) is 16.8 Å². The first-order valence-electron chi connectivity index (χ1n) is 7.43. The largest absolute Gasteiger partial charge is 0.465 e. The molecular weight excluding hydrogens is 300 g/mol. The van der Waals surface area contributed by atoms with Crippen LogP contribution in [0.3, 0.4) is 0 Å². The van der Waals surface area contributed by atoms with Crippen LogP contribution in [0.15, 0.2) is 23.2 Å². The van der Waals surface area contributed by atoms with Gasteiger partial charge >= 0.3 is 5.97 Å². The summed E-state index contributed by atoms with van der Waals surface area (Å²) >= 11 is 1.44. The number of esters is 1. The molecule has 0 N–H and O–H groups in total. The van der Waals surface area contributed by atoms with Gasteiger partial charge in [0, 0.05) is 5.92 Å². The van der Waals surface area contributed by atoms with Crippen LogP contribution >= 0.6 is 11.3 Å². The third kappa shape index (κ3) is 2.97. The number of aromatic nitrogens is 1. The molecule has 116 valence electrons. The number of nitrogens with zero attached hydrogens (tertiary/aromatic N) is 2. The summed E-state index contributed by atoms with van der Waals surface area (Å²) in [6.07, 6.45) is 1.84. The number of rotatable bonds is 4. The fraction of sp³-hybridized carbons (Fsp3) is 0.438. The minimum absolute atomic E-state index is 0.0716. The Balaban J connectivity index is 2.11. The van der Waals surface area contributed by atoms with E-state index in [9.17, 15) is 9.59 Å². The second-order valence-electron chi connectivity index (χ2n) is 5.42. The van der Waals surface area contributed by atoms with Gasteiger partial charge in [0.1, 0.15) is 6.54 Å². The Labute approximate surface area is 132 Å². The molecule has 0 radical (unpaired) electrons. The molecule has 1 heterocycles. The van der Waals surface area contributed by atoms with Gasteiger partial charge in [-0.2, -0.15) is 4.99 Å². The number of aryl methyl sites for hydroxylation is 1. The molecule has 5 nitrogen and oxygen atoms in total. The Morgan fingerprint density at radius 3 is 2.86 bits per heavy atom. The summed E-state index contributed by atoms with van der Waals surface area (Å²) in [5.74, 6) is -0.324. The Bertz CT molecular complexity index is 799. The van der Waals surface area contributed by atoms with Gasteiger partial charge < -0.3 is 9.30 Å². The summed E-state index contributed by atoms with van der Waals surface area (Å²) in [6, 6.07) is 5.94. The zero-order chi connectivity index (χ0) is 15.7. The summed E-state index contributed by atoms with van der Waals surface area (Å²) in [4.78, 5) is 28.7. The van der Waals surface area contributed by atoms with Gasteiger partial charge in [-0.3, -0.25) is 9.59 Å². The van der Waals surface area contributed by atoms with Gasteiger partial charge in [-0.1, -0.05) is 23.5 Å². The second kappa shape index (κ2) is 6.04. The van der Waals surface area contributed by atoms with Gasteiger partial charge in [-0.25, -0.2) is 0 Å². The van der Waals surface area contributed by atoms with Crippen LogP contribution in [0, 0.1) is 12.8 Å². The molecule has 22 heavy (non-hydrogen) atoms. The standard InChI is InChI=1S/C16H18N2O3S/c1-3-21-13(19)9-18-14-10(2)5-4-6-12(14)22-16(18)17-15(20)11-7-8-11/h4-6,11H,3,7-9H2,1-2H3. The molecule has 6 heteroatoms. The predicted octanol–water partition coefficient (Wildman–Crippen LogP) is 2.41. The Morgan fingerprint density at radius 2 is 2.18 bits per heavy atom. The van der Waals surface area contributed by atoms with Crippen LogP contribution in [0.4, 0.5) is 0 Å². The molecule has 3 rings (SSSR count). The molecule has 1 aliphatic rings. The van der Waals surface area contributed by atoms with Gasteiger partial charge in [0.25, 0.3) is 5.91 Å². The summed E-state index contributed by atoms with van der Waals surface area (Å²) in [5.41, 5.74) is 2.00. The van der Waals surface area contributed by atoms with Crippen LogP contribution in [0.5, 0.6) is 0 Å². The molecular formula is C16H18N2O3S. The minimum Gasteiger partial charge on any atom is -0.465 e. The van der Waals surface area contributed by atoms with Gasteiger partial charge in [0.2, 0.25) is 0 Å². The first kappa shape index (κ1) is 15.0. The van der Waals surface area contributed by atoms with Crippen molar-refractivity contribution in [3.63, 3.8) is 0 Å². The zero-order valence-corrected chi connectivity index (χ0v) is 13.5. The maximum Gasteiger partial charge on any atom is 0.326 e. The van der Waals surface area contributed by atoms with E-state index in [2.05, 4.69) is 4.99 Å². The molecule has 1 aromatic carbocycles. The zero-order valence-electron chi connectivity index (χ0n) is 12.7. The smallest absolute Gasteiger partial charge is 0.326 e. The number of fused-ring (bicyclic) bond motifs is 1. The van der Waals surface area contributed by atoms with Crippen LogP contribution in [-0.2, 0) is 20.9 Å². The van der Waals surface area contributed by atoms with E-state index in [-0.39, 0.29) is 24.3 Å². The topological polar surface area (TPSA) is 60.7 Å². The lowest BCUT2D eigenvalue weighted by atomic mass is 10.2. The summed E-state index contributed by atoms with van der Waals surface area (Å²) < 4.78 is 7.86. The van der Waals surface area contributed by atoms with E-state index in [4.69, 9.17) is 4.74 Å². The maximum absolute atomic E-state index is 12.0. The highest BCUT2D eigenvalue weighted by Crippen LogP contribution is 2.30. The maximum atomic E-state index is 12.0. The molecule has 1 fully saturated rings. The van der Waals surface area contributed by atoms with Crippen molar-refractivity contribution in [1.82, 2.24) is 4.57 Å². The van der Waals surface area contributed by atoms with E-state index in [0.29, 0.717) is 11.4 Å². The van der Waals surface area contributed by atoms with Crippen molar-refractivity contribution in [2.45, 2.75) is 33.2 Å². The highest BCUT2D eigenvalue weighted by molar-refractivity contribution is 7.16. The predicted molar refractivity (Wildman–Crippen MR) is 84.5 cm³/mol. The molecule has 1 aromatic heterocycles. The molecule has 1 aliphatic carbocycles. The van der Waals surface area contributed by atoms with Crippen molar-refractivity contribution >= 4 is 33.4 Å². The van der Waals surface area contributed by atoms with Crippen LogP contribution in [-0.4, -0.2) is 23.1 Å². The lowest BCUT2D eigenvalue weighted by Gasteiger charge is -2.06. The van der Waals surface area contributed by atoms with Crippen molar-refractivity contribution in [3.05, 3.63) is 28.6 Å². The lowest BCUT2D eigenvalue weighted by molar-refractivity contribution is -0.143. The van der Waals surface area contributed by atoms with E-state index in [1.807, 2.05) is 25.1 Å². The van der Waals surface area contributed by atoms with E-state index in [1.165, 1.54) is 11.3 Å². The van der Waals surface area contributed by atoms with Gasteiger partial charge in [-0.05, 0) is 38.3 Å². The van der Waals surface area contributed by atoms with Crippen LogP contribution < -0.4 is 4.80 Å². The highest BCUT2D eigenvalue weighted by atomic mass is 32.1. The number of ether oxygens (including phenoxy) is 1. The van der Waals surface area contributed by atoms with Gasteiger partial charge in [0.15, 0.2) is 4.80 Å². The van der Waals surface area contributed by atoms with Crippen molar-refractivity contribution in [3.8, 4) is 0 Å². The lowest BCUT2D eigenvalue weighted by Crippen LogP contribution is -2.23. The second-order valence-corrected chi connectivity index (χ2v) is 6.43. The molecule has 0 saturated heterocycles.